The zero-order chi connectivity index (χ0) is 13.0. The van der Waals surface area contributed by atoms with Gasteiger partial charge in [-0.1, -0.05) is 24.3 Å². The number of rotatable bonds is 4. The third-order valence-corrected chi connectivity index (χ3v) is 2.87. The average molecular weight is 242 g/mol. The van der Waals surface area contributed by atoms with Crippen LogP contribution in [0.4, 0.5) is 17.1 Å². The molecule has 2 rings (SSSR count). The van der Waals surface area contributed by atoms with Gasteiger partial charge in [-0.2, -0.15) is 0 Å². The number of nitrogen functional groups attached to an aromatic ring is 1. The van der Waals surface area contributed by atoms with Gasteiger partial charge in [-0.15, -0.1) is 0 Å². The first kappa shape index (κ1) is 12.5. The second-order valence-corrected chi connectivity index (χ2v) is 4.35. The summed E-state index contributed by atoms with van der Waals surface area (Å²) in [6, 6.07) is 13.9. The molecule has 0 fully saturated rings. The number of aliphatic hydroxyl groups is 1. The number of anilines is 3. The molecule has 0 radical (unpaired) electrons. The molecule has 4 N–H and O–H groups in total. The summed E-state index contributed by atoms with van der Waals surface area (Å²) in [6.45, 7) is 2.15. The van der Waals surface area contributed by atoms with Gasteiger partial charge in [-0.25, -0.2) is 0 Å². The fourth-order valence-electron chi connectivity index (χ4n) is 1.92. The van der Waals surface area contributed by atoms with Crippen LogP contribution in [-0.2, 0) is 6.42 Å². The Morgan fingerprint density at radius 3 is 2.61 bits per heavy atom. The summed E-state index contributed by atoms with van der Waals surface area (Å²) >= 11 is 0. The van der Waals surface area contributed by atoms with Crippen LogP contribution in [0.2, 0.25) is 0 Å². The molecule has 2 aromatic rings. The minimum atomic E-state index is 0.141. The van der Waals surface area contributed by atoms with Crippen LogP contribution >= 0.6 is 0 Å². The summed E-state index contributed by atoms with van der Waals surface area (Å²) in [6.07, 6.45) is 0.634. The molecule has 3 nitrogen and oxygen atoms in total. The van der Waals surface area contributed by atoms with Gasteiger partial charge in [-0.05, 0) is 42.7 Å². The van der Waals surface area contributed by atoms with E-state index in [0.717, 1.165) is 28.2 Å². The summed E-state index contributed by atoms with van der Waals surface area (Å²) < 4.78 is 0. The highest BCUT2D eigenvalue weighted by molar-refractivity contribution is 5.74. The Kier molecular flexibility index (Phi) is 3.85. The van der Waals surface area contributed by atoms with Crippen LogP contribution in [0.3, 0.4) is 0 Å². The van der Waals surface area contributed by atoms with E-state index in [-0.39, 0.29) is 6.61 Å². The Balaban J connectivity index is 2.28. The lowest BCUT2D eigenvalue weighted by atomic mass is 10.1. The summed E-state index contributed by atoms with van der Waals surface area (Å²) in [4.78, 5) is 0. The molecule has 0 aliphatic rings. The van der Waals surface area contributed by atoms with Gasteiger partial charge in [-0.3, -0.25) is 0 Å². The van der Waals surface area contributed by atoms with E-state index in [4.69, 9.17) is 10.8 Å². The lowest BCUT2D eigenvalue weighted by Crippen LogP contribution is -2.01. The van der Waals surface area contributed by atoms with Crippen LogP contribution in [0.5, 0.6) is 0 Å². The number of hydrogen-bond acceptors (Lipinski definition) is 3. The van der Waals surface area contributed by atoms with Crippen molar-refractivity contribution < 1.29 is 5.11 Å². The number of aryl methyl sites for hydroxylation is 1. The van der Waals surface area contributed by atoms with Gasteiger partial charge in [0.25, 0.3) is 0 Å². The zero-order valence-corrected chi connectivity index (χ0v) is 10.5. The van der Waals surface area contributed by atoms with E-state index in [0.29, 0.717) is 6.42 Å². The normalized spacial score (nSPS) is 10.3. The fourth-order valence-corrected chi connectivity index (χ4v) is 1.92. The number of nitrogens with two attached hydrogens (primary N) is 1. The minimum Gasteiger partial charge on any atom is -0.397 e. The van der Waals surface area contributed by atoms with Crippen LogP contribution in [0, 0.1) is 6.92 Å². The number of hydrogen-bond donors (Lipinski definition) is 3. The molecule has 0 saturated carbocycles. The maximum Gasteiger partial charge on any atom is 0.0618 e. The summed E-state index contributed by atoms with van der Waals surface area (Å²) in [5, 5.41) is 12.4. The molecule has 0 heterocycles. The molecule has 0 saturated heterocycles. The number of nitrogens with one attached hydrogen (secondary N) is 1. The van der Waals surface area contributed by atoms with Gasteiger partial charge in [0.1, 0.15) is 0 Å². The maximum absolute atomic E-state index is 9.05. The molecule has 0 aliphatic carbocycles. The highest BCUT2D eigenvalue weighted by Crippen LogP contribution is 2.26. The van der Waals surface area contributed by atoms with Crippen molar-refractivity contribution in [2.45, 2.75) is 13.3 Å². The van der Waals surface area contributed by atoms with Crippen LogP contribution in [-0.4, -0.2) is 11.7 Å². The fraction of sp³-hybridized carbons (Fsp3) is 0.200. The van der Waals surface area contributed by atoms with Gasteiger partial charge in [0, 0.05) is 12.3 Å². The minimum absolute atomic E-state index is 0.141. The molecule has 2 aromatic carbocycles. The van der Waals surface area contributed by atoms with Crippen molar-refractivity contribution in [1.29, 1.82) is 0 Å². The number of para-hydroxylation sites is 1. The van der Waals surface area contributed by atoms with Crippen molar-refractivity contribution in [3.63, 3.8) is 0 Å². The molecule has 94 valence electrons. The largest absolute Gasteiger partial charge is 0.397 e. The molecule has 0 aromatic heterocycles. The molecule has 18 heavy (non-hydrogen) atoms. The van der Waals surface area contributed by atoms with E-state index in [1.54, 1.807) is 0 Å². The van der Waals surface area contributed by atoms with Crippen molar-refractivity contribution in [2.24, 2.45) is 0 Å². The monoisotopic (exact) mass is 242 g/mol. The van der Waals surface area contributed by atoms with Crippen molar-refractivity contribution in [3.8, 4) is 0 Å². The van der Waals surface area contributed by atoms with E-state index < -0.39 is 0 Å². The van der Waals surface area contributed by atoms with Gasteiger partial charge >= 0.3 is 0 Å². The first-order chi connectivity index (χ1) is 8.70. The van der Waals surface area contributed by atoms with E-state index in [1.807, 2.05) is 49.4 Å². The molecule has 0 atom stereocenters. The molecular weight excluding hydrogens is 224 g/mol. The average Bonchev–Trinajstić information content (AvgIpc) is 2.35. The Bertz CT molecular complexity index is 538. The molecule has 0 spiro atoms. The van der Waals surface area contributed by atoms with Crippen molar-refractivity contribution in [1.82, 2.24) is 0 Å². The third kappa shape index (κ3) is 2.81. The quantitative estimate of drug-likeness (QED) is 0.722. The van der Waals surface area contributed by atoms with Crippen LogP contribution in [0.15, 0.2) is 42.5 Å². The Morgan fingerprint density at radius 1 is 1.11 bits per heavy atom. The smallest absolute Gasteiger partial charge is 0.0618 e. The highest BCUT2D eigenvalue weighted by atomic mass is 16.2. The standard InChI is InChI=1S/C15H18N2O/c1-11-6-7-15(13(16)10-11)17-14-5-3-2-4-12(14)8-9-18/h2-7,10,17-18H,8-9,16H2,1H3. The predicted octanol–water partition coefficient (Wildman–Crippen LogP) is 2.86. The second-order valence-electron chi connectivity index (χ2n) is 4.35. The first-order valence-corrected chi connectivity index (χ1v) is 6.02. The Hall–Kier alpha value is -2.00. The maximum atomic E-state index is 9.05. The van der Waals surface area contributed by atoms with E-state index in [2.05, 4.69) is 5.32 Å². The highest BCUT2D eigenvalue weighted by Gasteiger charge is 2.04. The lowest BCUT2D eigenvalue weighted by molar-refractivity contribution is 0.300. The predicted molar refractivity (Wildman–Crippen MR) is 76.1 cm³/mol. The molecule has 0 aliphatic heterocycles. The molecule has 0 amide bonds. The topological polar surface area (TPSA) is 58.3 Å². The molecule has 0 bridgehead atoms. The van der Waals surface area contributed by atoms with Gasteiger partial charge in [0.2, 0.25) is 0 Å². The molecule has 0 unspecified atom stereocenters. The number of benzene rings is 2. The Morgan fingerprint density at radius 2 is 1.89 bits per heavy atom. The van der Waals surface area contributed by atoms with Crippen LogP contribution < -0.4 is 11.1 Å². The van der Waals surface area contributed by atoms with E-state index in [1.165, 1.54) is 0 Å². The van der Waals surface area contributed by atoms with Gasteiger partial charge in [0.05, 0.1) is 11.4 Å². The molecule has 3 heteroatoms. The van der Waals surface area contributed by atoms with E-state index in [9.17, 15) is 0 Å². The van der Waals surface area contributed by atoms with Gasteiger partial charge < -0.3 is 16.2 Å². The first-order valence-electron chi connectivity index (χ1n) is 6.02. The SMILES string of the molecule is Cc1ccc(Nc2ccccc2CCO)c(N)c1. The van der Waals surface area contributed by atoms with Crippen molar-refractivity contribution in [3.05, 3.63) is 53.6 Å². The second kappa shape index (κ2) is 5.56. The van der Waals surface area contributed by atoms with Gasteiger partial charge in [0.15, 0.2) is 0 Å². The third-order valence-electron chi connectivity index (χ3n) is 2.87. The molecular formula is C15H18N2O. The number of aliphatic hydroxyl groups excluding tert-OH is 1. The van der Waals surface area contributed by atoms with Crippen LogP contribution in [0.25, 0.3) is 0 Å². The summed E-state index contributed by atoms with van der Waals surface area (Å²) in [7, 11) is 0. The van der Waals surface area contributed by atoms with Crippen LogP contribution in [0.1, 0.15) is 11.1 Å². The summed E-state index contributed by atoms with van der Waals surface area (Å²) in [5.41, 5.74) is 10.8. The zero-order valence-electron chi connectivity index (χ0n) is 10.5. The van der Waals surface area contributed by atoms with E-state index >= 15 is 0 Å². The van der Waals surface area contributed by atoms with Crippen molar-refractivity contribution in [2.75, 3.05) is 17.7 Å². The summed E-state index contributed by atoms with van der Waals surface area (Å²) in [5.74, 6) is 0. The van der Waals surface area contributed by atoms with Crippen molar-refractivity contribution >= 4 is 17.1 Å². The Labute approximate surface area is 107 Å². The lowest BCUT2D eigenvalue weighted by Gasteiger charge is -2.13.